The summed E-state index contributed by atoms with van der Waals surface area (Å²) >= 11 is 0. The highest BCUT2D eigenvalue weighted by Gasteiger charge is 2.27. The van der Waals surface area contributed by atoms with Crippen LogP contribution < -0.4 is 19.7 Å². The maximum absolute atomic E-state index is 11.8. The van der Waals surface area contributed by atoms with E-state index in [0.29, 0.717) is 42.2 Å². The fraction of sp³-hybridized carbons (Fsp3) is 0.333. The van der Waals surface area contributed by atoms with Gasteiger partial charge in [-0.05, 0) is 6.42 Å². The summed E-state index contributed by atoms with van der Waals surface area (Å²) in [5.74, 6) is 1.23. The van der Waals surface area contributed by atoms with Gasteiger partial charge in [-0.2, -0.15) is 0 Å². The van der Waals surface area contributed by atoms with Crippen LogP contribution in [0.3, 0.4) is 0 Å². The number of carbonyl (C=O) groups excluding carboxylic acids is 2. The summed E-state index contributed by atoms with van der Waals surface area (Å²) in [4.78, 5) is 24.1. The third-order valence-corrected chi connectivity index (χ3v) is 3.07. The molecule has 0 spiro atoms. The number of carbonyl (C=O) groups is 2. The largest absolute Gasteiger partial charge is 0.454 e. The molecule has 2 aliphatic heterocycles. The Labute approximate surface area is 103 Å². The summed E-state index contributed by atoms with van der Waals surface area (Å²) in [5, 5.41) is 2.59. The molecule has 0 bridgehead atoms. The number of hydrogen-bond acceptors (Lipinski definition) is 4. The normalized spacial score (nSPS) is 17.1. The number of nitrogens with zero attached hydrogens (tertiary/aromatic N) is 1. The molecule has 6 heteroatoms. The second kappa shape index (κ2) is 4.21. The molecular formula is C12H12N2O4. The molecule has 2 aliphatic rings. The average molecular weight is 248 g/mol. The molecule has 0 aromatic heterocycles. The van der Waals surface area contributed by atoms with Gasteiger partial charge in [0.05, 0.1) is 11.4 Å². The van der Waals surface area contributed by atoms with Crippen molar-refractivity contribution in [3.8, 4) is 11.5 Å². The van der Waals surface area contributed by atoms with E-state index in [4.69, 9.17) is 9.47 Å². The van der Waals surface area contributed by atoms with Gasteiger partial charge < -0.3 is 19.7 Å². The summed E-state index contributed by atoms with van der Waals surface area (Å²) in [7, 11) is 0. The Hall–Kier alpha value is -2.24. The van der Waals surface area contributed by atoms with Gasteiger partial charge in [0.1, 0.15) is 0 Å². The molecule has 1 aromatic rings. The Kier molecular flexibility index (Phi) is 2.55. The number of ether oxygens (including phenoxy) is 2. The zero-order chi connectivity index (χ0) is 12.5. The fourth-order valence-corrected chi connectivity index (χ4v) is 2.24. The molecule has 1 N–H and O–H groups in total. The topological polar surface area (TPSA) is 67.9 Å². The number of rotatable bonds is 3. The van der Waals surface area contributed by atoms with Crippen LogP contribution >= 0.6 is 0 Å². The van der Waals surface area contributed by atoms with Crippen molar-refractivity contribution in [2.45, 2.75) is 12.8 Å². The third kappa shape index (κ3) is 1.66. The van der Waals surface area contributed by atoms with Crippen LogP contribution in [-0.2, 0) is 9.59 Å². The van der Waals surface area contributed by atoms with Crippen LogP contribution in [0.4, 0.5) is 11.4 Å². The van der Waals surface area contributed by atoms with Gasteiger partial charge in [0.25, 0.3) is 0 Å². The Balaban J connectivity index is 2.05. The summed E-state index contributed by atoms with van der Waals surface area (Å²) in [6, 6.07) is 3.41. The monoisotopic (exact) mass is 248 g/mol. The van der Waals surface area contributed by atoms with E-state index < -0.39 is 0 Å². The zero-order valence-electron chi connectivity index (χ0n) is 9.64. The highest BCUT2D eigenvalue weighted by Crippen LogP contribution is 2.41. The Morgan fingerprint density at radius 2 is 2.06 bits per heavy atom. The van der Waals surface area contributed by atoms with Gasteiger partial charge >= 0.3 is 0 Å². The maximum Gasteiger partial charge on any atom is 0.231 e. The number of nitrogens with one attached hydrogen (secondary N) is 1. The van der Waals surface area contributed by atoms with Crippen molar-refractivity contribution >= 4 is 23.7 Å². The molecular weight excluding hydrogens is 236 g/mol. The molecule has 0 aliphatic carbocycles. The first-order valence-electron chi connectivity index (χ1n) is 5.74. The average Bonchev–Trinajstić information content (AvgIpc) is 2.96. The first-order chi connectivity index (χ1) is 8.79. The van der Waals surface area contributed by atoms with Crippen molar-refractivity contribution in [1.82, 2.24) is 0 Å². The van der Waals surface area contributed by atoms with Crippen LogP contribution in [0.5, 0.6) is 11.5 Å². The van der Waals surface area contributed by atoms with Crippen LogP contribution in [0.25, 0.3) is 0 Å². The van der Waals surface area contributed by atoms with E-state index in [1.165, 1.54) is 0 Å². The van der Waals surface area contributed by atoms with E-state index in [1.54, 1.807) is 17.0 Å². The van der Waals surface area contributed by atoms with Crippen LogP contribution in [0, 0.1) is 0 Å². The standard InChI is InChI=1S/C12H12N2O4/c15-6-13-8-4-10-11(18-7-17-10)5-9(8)14-3-1-2-12(14)16/h4-6H,1-3,7H2,(H,13,15). The van der Waals surface area contributed by atoms with Gasteiger partial charge in [0, 0.05) is 25.1 Å². The lowest BCUT2D eigenvalue weighted by atomic mass is 10.2. The number of anilines is 2. The second-order valence-corrected chi connectivity index (χ2v) is 4.13. The van der Waals surface area contributed by atoms with Crippen molar-refractivity contribution in [1.29, 1.82) is 0 Å². The Morgan fingerprint density at radius 3 is 2.72 bits per heavy atom. The first-order valence-corrected chi connectivity index (χ1v) is 5.74. The van der Waals surface area contributed by atoms with Gasteiger partial charge in [0.2, 0.25) is 19.1 Å². The minimum Gasteiger partial charge on any atom is -0.454 e. The molecule has 0 saturated carbocycles. The molecule has 2 heterocycles. The number of fused-ring (bicyclic) bond motifs is 1. The SMILES string of the molecule is O=CNc1cc2c(cc1N1CCCC1=O)OCO2. The van der Waals surface area contributed by atoms with Crippen LogP contribution in [0.1, 0.15) is 12.8 Å². The summed E-state index contributed by atoms with van der Waals surface area (Å²) in [6.07, 6.45) is 1.95. The molecule has 0 radical (unpaired) electrons. The van der Waals surface area contributed by atoms with E-state index in [1.807, 2.05) is 0 Å². The van der Waals surface area contributed by atoms with E-state index in [2.05, 4.69) is 5.32 Å². The minimum atomic E-state index is 0.0582. The molecule has 1 fully saturated rings. The lowest BCUT2D eigenvalue weighted by Gasteiger charge is -2.19. The van der Waals surface area contributed by atoms with Crippen LogP contribution in [-0.4, -0.2) is 25.7 Å². The lowest BCUT2D eigenvalue weighted by Crippen LogP contribution is -2.24. The molecule has 2 amide bonds. The van der Waals surface area contributed by atoms with Crippen molar-refractivity contribution in [2.75, 3.05) is 23.6 Å². The molecule has 0 unspecified atom stereocenters. The van der Waals surface area contributed by atoms with E-state index in [0.717, 1.165) is 6.42 Å². The Morgan fingerprint density at radius 1 is 1.28 bits per heavy atom. The summed E-state index contributed by atoms with van der Waals surface area (Å²) in [6.45, 7) is 0.819. The zero-order valence-corrected chi connectivity index (χ0v) is 9.64. The summed E-state index contributed by atoms with van der Waals surface area (Å²) in [5.41, 5.74) is 1.22. The van der Waals surface area contributed by atoms with E-state index in [-0.39, 0.29) is 12.7 Å². The highest BCUT2D eigenvalue weighted by molar-refractivity contribution is 6.00. The van der Waals surface area contributed by atoms with Gasteiger partial charge in [-0.1, -0.05) is 0 Å². The molecule has 94 valence electrons. The molecule has 1 aromatic carbocycles. The van der Waals surface area contributed by atoms with Gasteiger partial charge in [-0.25, -0.2) is 0 Å². The van der Waals surface area contributed by atoms with Crippen molar-refractivity contribution in [2.24, 2.45) is 0 Å². The first kappa shape index (κ1) is 10.9. The second-order valence-electron chi connectivity index (χ2n) is 4.13. The van der Waals surface area contributed by atoms with Crippen molar-refractivity contribution in [3.05, 3.63) is 12.1 Å². The number of hydrogen-bond donors (Lipinski definition) is 1. The number of benzene rings is 1. The predicted molar refractivity (Wildman–Crippen MR) is 63.8 cm³/mol. The maximum atomic E-state index is 11.8. The minimum absolute atomic E-state index is 0.0582. The van der Waals surface area contributed by atoms with Crippen molar-refractivity contribution in [3.63, 3.8) is 0 Å². The predicted octanol–water partition coefficient (Wildman–Crippen LogP) is 1.11. The number of amides is 2. The Bertz CT molecular complexity index is 515. The highest BCUT2D eigenvalue weighted by atomic mass is 16.7. The van der Waals surface area contributed by atoms with Crippen LogP contribution in [0.2, 0.25) is 0 Å². The molecule has 18 heavy (non-hydrogen) atoms. The van der Waals surface area contributed by atoms with E-state index in [9.17, 15) is 9.59 Å². The fourth-order valence-electron chi connectivity index (χ4n) is 2.24. The van der Waals surface area contributed by atoms with Gasteiger partial charge in [0.15, 0.2) is 11.5 Å². The lowest BCUT2D eigenvalue weighted by molar-refractivity contribution is -0.117. The molecule has 0 atom stereocenters. The van der Waals surface area contributed by atoms with Crippen LogP contribution in [0.15, 0.2) is 12.1 Å². The smallest absolute Gasteiger partial charge is 0.231 e. The molecule has 3 rings (SSSR count). The molecule has 1 saturated heterocycles. The van der Waals surface area contributed by atoms with E-state index >= 15 is 0 Å². The molecule has 6 nitrogen and oxygen atoms in total. The quantitative estimate of drug-likeness (QED) is 0.814. The third-order valence-electron chi connectivity index (χ3n) is 3.07. The summed E-state index contributed by atoms with van der Waals surface area (Å²) < 4.78 is 10.5. The van der Waals surface area contributed by atoms with Gasteiger partial charge in [-0.15, -0.1) is 0 Å². The van der Waals surface area contributed by atoms with Gasteiger partial charge in [-0.3, -0.25) is 9.59 Å². The van der Waals surface area contributed by atoms with Crippen molar-refractivity contribution < 1.29 is 19.1 Å².